The smallest absolute Gasteiger partial charge is 0.324 e. The van der Waals surface area contributed by atoms with Crippen molar-refractivity contribution in [2.75, 3.05) is 0 Å². The van der Waals surface area contributed by atoms with Gasteiger partial charge < -0.3 is 4.74 Å². The average Bonchev–Trinajstić information content (AvgIpc) is 2.29. The van der Waals surface area contributed by atoms with E-state index in [9.17, 15) is 13.2 Å². The minimum absolute atomic E-state index is 0.179. The first kappa shape index (κ1) is 17.7. The molecular weight excluding hydrogens is 290 g/mol. The largest absolute Gasteiger partial charge is 0.459 e. The van der Waals surface area contributed by atoms with Gasteiger partial charge in [-0.1, -0.05) is 12.1 Å². The van der Waals surface area contributed by atoms with Gasteiger partial charge in [-0.15, -0.1) is 0 Å². The SMILES string of the molecule is Cc1ccc(C)c(S(=O)(=O)N[C@@H](C)C(=O)OC(C)(C)C)c1. The zero-order valence-electron chi connectivity index (χ0n) is 13.4. The molecule has 0 aliphatic heterocycles. The van der Waals surface area contributed by atoms with Gasteiger partial charge in [0, 0.05) is 0 Å². The van der Waals surface area contributed by atoms with Crippen LogP contribution < -0.4 is 4.72 Å². The molecule has 1 N–H and O–H groups in total. The number of carbonyl (C=O) groups excluding carboxylic acids is 1. The maximum absolute atomic E-state index is 12.4. The van der Waals surface area contributed by atoms with Crippen LogP contribution in [0.4, 0.5) is 0 Å². The normalized spacial score (nSPS) is 13.8. The van der Waals surface area contributed by atoms with Crippen molar-refractivity contribution in [3.8, 4) is 0 Å². The summed E-state index contributed by atoms with van der Waals surface area (Å²) in [6.45, 7) is 10.2. The molecule has 21 heavy (non-hydrogen) atoms. The van der Waals surface area contributed by atoms with Crippen molar-refractivity contribution in [2.24, 2.45) is 0 Å². The van der Waals surface area contributed by atoms with Gasteiger partial charge in [-0.25, -0.2) is 8.42 Å². The summed E-state index contributed by atoms with van der Waals surface area (Å²) in [6.07, 6.45) is 0. The second-order valence-corrected chi connectivity index (χ2v) is 7.83. The van der Waals surface area contributed by atoms with Gasteiger partial charge in [-0.3, -0.25) is 4.79 Å². The molecule has 5 nitrogen and oxygen atoms in total. The van der Waals surface area contributed by atoms with Crippen LogP contribution in [0.15, 0.2) is 23.1 Å². The number of rotatable bonds is 4. The highest BCUT2D eigenvalue weighted by molar-refractivity contribution is 7.89. The van der Waals surface area contributed by atoms with Crippen molar-refractivity contribution < 1.29 is 17.9 Å². The molecule has 0 aliphatic rings. The topological polar surface area (TPSA) is 72.5 Å². The molecule has 1 atom stereocenters. The third kappa shape index (κ3) is 5.13. The molecule has 0 saturated heterocycles. The second kappa shape index (κ2) is 6.15. The van der Waals surface area contributed by atoms with Crippen molar-refractivity contribution in [3.05, 3.63) is 29.3 Å². The number of aryl methyl sites for hydroxylation is 2. The fourth-order valence-corrected chi connectivity index (χ4v) is 3.25. The number of hydrogen-bond acceptors (Lipinski definition) is 4. The summed E-state index contributed by atoms with van der Waals surface area (Å²) >= 11 is 0. The number of benzene rings is 1. The van der Waals surface area contributed by atoms with E-state index in [-0.39, 0.29) is 4.90 Å². The standard InChI is InChI=1S/C15H23NO4S/c1-10-7-8-11(2)13(9-10)21(18,19)16-12(3)14(17)20-15(4,5)6/h7-9,12,16H,1-6H3/t12-/m0/s1. The van der Waals surface area contributed by atoms with Crippen LogP contribution in [0.2, 0.25) is 0 Å². The van der Waals surface area contributed by atoms with Gasteiger partial charge in [-0.2, -0.15) is 4.72 Å². The first-order valence-electron chi connectivity index (χ1n) is 6.75. The van der Waals surface area contributed by atoms with Crippen LogP contribution in [-0.4, -0.2) is 26.0 Å². The van der Waals surface area contributed by atoms with Crippen LogP contribution in [0.1, 0.15) is 38.8 Å². The lowest BCUT2D eigenvalue weighted by atomic mass is 10.2. The monoisotopic (exact) mass is 313 g/mol. The summed E-state index contributed by atoms with van der Waals surface area (Å²) in [4.78, 5) is 12.0. The number of sulfonamides is 1. The predicted molar refractivity (Wildman–Crippen MR) is 81.5 cm³/mol. The molecule has 0 saturated carbocycles. The Morgan fingerprint density at radius 3 is 2.33 bits per heavy atom. The summed E-state index contributed by atoms with van der Waals surface area (Å²) in [5.41, 5.74) is 0.811. The maximum atomic E-state index is 12.4. The highest BCUT2D eigenvalue weighted by atomic mass is 32.2. The Morgan fingerprint density at radius 2 is 1.81 bits per heavy atom. The first-order chi connectivity index (χ1) is 9.42. The zero-order chi connectivity index (χ0) is 16.4. The van der Waals surface area contributed by atoms with Crippen LogP contribution in [0, 0.1) is 13.8 Å². The molecular formula is C15H23NO4S. The molecule has 0 amide bonds. The molecule has 0 radical (unpaired) electrons. The van der Waals surface area contributed by atoms with Gasteiger partial charge in [0.05, 0.1) is 4.90 Å². The predicted octanol–water partition coefficient (Wildman–Crippen LogP) is 2.31. The van der Waals surface area contributed by atoms with E-state index in [1.54, 1.807) is 39.8 Å². The Hall–Kier alpha value is -1.40. The van der Waals surface area contributed by atoms with E-state index in [0.29, 0.717) is 5.56 Å². The minimum atomic E-state index is -3.76. The lowest BCUT2D eigenvalue weighted by molar-refractivity contribution is -0.156. The molecule has 1 aromatic carbocycles. The van der Waals surface area contributed by atoms with Crippen molar-refractivity contribution >= 4 is 16.0 Å². The van der Waals surface area contributed by atoms with Gasteiger partial charge in [0.1, 0.15) is 11.6 Å². The first-order valence-corrected chi connectivity index (χ1v) is 8.23. The third-order valence-electron chi connectivity index (χ3n) is 2.73. The highest BCUT2D eigenvalue weighted by Gasteiger charge is 2.27. The molecule has 0 aromatic heterocycles. The lowest BCUT2D eigenvalue weighted by Crippen LogP contribution is -2.42. The van der Waals surface area contributed by atoms with E-state index in [4.69, 9.17) is 4.74 Å². The van der Waals surface area contributed by atoms with Gasteiger partial charge in [0.25, 0.3) is 0 Å². The van der Waals surface area contributed by atoms with E-state index in [1.807, 2.05) is 13.0 Å². The molecule has 0 unspecified atom stereocenters. The van der Waals surface area contributed by atoms with Crippen molar-refractivity contribution in [3.63, 3.8) is 0 Å². The van der Waals surface area contributed by atoms with Gasteiger partial charge in [-0.05, 0) is 58.7 Å². The van der Waals surface area contributed by atoms with Crippen molar-refractivity contribution in [1.29, 1.82) is 0 Å². The Bertz CT molecular complexity index is 630. The number of carbonyl (C=O) groups is 1. The van der Waals surface area contributed by atoms with Gasteiger partial charge >= 0.3 is 5.97 Å². The van der Waals surface area contributed by atoms with E-state index in [1.165, 1.54) is 6.92 Å². The Balaban J connectivity index is 2.95. The molecule has 118 valence electrons. The maximum Gasteiger partial charge on any atom is 0.324 e. The van der Waals surface area contributed by atoms with Crippen LogP contribution in [0.25, 0.3) is 0 Å². The minimum Gasteiger partial charge on any atom is -0.459 e. The molecule has 0 aliphatic carbocycles. The summed E-state index contributed by atoms with van der Waals surface area (Å²) < 4.78 is 32.3. The number of ether oxygens (including phenoxy) is 1. The van der Waals surface area contributed by atoms with E-state index in [0.717, 1.165) is 5.56 Å². The summed E-state index contributed by atoms with van der Waals surface area (Å²) in [5.74, 6) is -0.601. The molecule has 0 fully saturated rings. The molecule has 0 bridgehead atoms. The quantitative estimate of drug-likeness (QED) is 0.866. The van der Waals surface area contributed by atoms with E-state index >= 15 is 0 Å². The Kier molecular flexibility index (Phi) is 5.17. The summed E-state index contributed by atoms with van der Waals surface area (Å²) in [7, 11) is -3.76. The Labute approximate surface area is 126 Å². The Morgan fingerprint density at radius 1 is 1.24 bits per heavy atom. The summed E-state index contributed by atoms with van der Waals surface area (Å²) in [5, 5.41) is 0. The molecule has 0 spiro atoms. The third-order valence-corrected chi connectivity index (χ3v) is 4.41. The zero-order valence-corrected chi connectivity index (χ0v) is 14.2. The average molecular weight is 313 g/mol. The molecule has 6 heteroatoms. The lowest BCUT2D eigenvalue weighted by Gasteiger charge is -2.22. The van der Waals surface area contributed by atoms with E-state index < -0.39 is 27.6 Å². The van der Waals surface area contributed by atoms with Crippen LogP contribution in [0.3, 0.4) is 0 Å². The van der Waals surface area contributed by atoms with Gasteiger partial charge in [0.15, 0.2) is 0 Å². The fourth-order valence-electron chi connectivity index (χ4n) is 1.73. The molecule has 0 heterocycles. The number of nitrogens with one attached hydrogen (secondary N) is 1. The summed E-state index contributed by atoms with van der Waals surface area (Å²) in [6, 6.07) is 4.21. The molecule has 1 aromatic rings. The number of esters is 1. The van der Waals surface area contributed by atoms with Crippen LogP contribution in [-0.2, 0) is 19.6 Å². The molecule has 1 rings (SSSR count). The second-order valence-electron chi connectivity index (χ2n) is 6.15. The van der Waals surface area contributed by atoms with Crippen LogP contribution >= 0.6 is 0 Å². The fraction of sp³-hybridized carbons (Fsp3) is 0.533. The van der Waals surface area contributed by atoms with Crippen molar-refractivity contribution in [2.45, 2.75) is 58.1 Å². The number of hydrogen-bond donors (Lipinski definition) is 1. The van der Waals surface area contributed by atoms with Gasteiger partial charge in [0.2, 0.25) is 10.0 Å². The van der Waals surface area contributed by atoms with Crippen LogP contribution in [0.5, 0.6) is 0 Å². The van der Waals surface area contributed by atoms with Crippen molar-refractivity contribution in [1.82, 2.24) is 4.72 Å². The highest BCUT2D eigenvalue weighted by Crippen LogP contribution is 2.17. The van der Waals surface area contributed by atoms with E-state index in [2.05, 4.69) is 4.72 Å².